The molecule has 13 heteroatoms. The summed E-state index contributed by atoms with van der Waals surface area (Å²) >= 11 is 0. The van der Waals surface area contributed by atoms with Crippen LogP contribution in [0.1, 0.15) is 35.8 Å². The zero-order valence-electron chi connectivity index (χ0n) is 23.2. The molecular weight excluding hydrogens is 520 g/mol. The Morgan fingerprint density at radius 1 is 1.07 bits per heavy atom. The van der Waals surface area contributed by atoms with Crippen LogP contribution in [0.3, 0.4) is 0 Å². The van der Waals surface area contributed by atoms with Crippen molar-refractivity contribution >= 4 is 46.4 Å². The minimum absolute atomic E-state index is 0.0111. The first-order valence-corrected chi connectivity index (χ1v) is 13.1. The largest absolute Gasteiger partial charge is 0.481 e. The topological polar surface area (TPSA) is 161 Å². The van der Waals surface area contributed by atoms with Crippen LogP contribution in [0.4, 0.5) is 10.5 Å². The van der Waals surface area contributed by atoms with Crippen LogP contribution < -0.4 is 10.6 Å². The summed E-state index contributed by atoms with van der Waals surface area (Å²) in [7, 11) is 4.90. The van der Waals surface area contributed by atoms with Gasteiger partial charge in [-0.2, -0.15) is 0 Å². The lowest BCUT2D eigenvalue weighted by Crippen LogP contribution is -2.56. The third-order valence-electron chi connectivity index (χ3n) is 6.66. The molecule has 4 amide bonds. The minimum atomic E-state index is -1.14. The number of hydrogen-bond acceptors (Lipinski definition) is 8. The van der Waals surface area contributed by atoms with Gasteiger partial charge in [-0.3, -0.25) is 19.2 Å². The van der Waals surface area contributed by atoms with Gasteiger partial charge >= 0.3 is 12.1 Å². The Hall–Kier alpha value is -4.42. The number of benzene rings is 1. The maximum absolute atomic E-state index is 13.6. The molecule has 0 bridgehead atoms. The summed E-state index contributed by atoms with van der Waals surface area (Å²) in [4.78, 5) is 72.0. The number of carboxylic acids is 1. The van der Waals surface area contributed by atoms with Crippen molar-refractivity contribution in [1.29, 1.82) is 0 Å². The summed E-state index contributed by atoms with van der Waals surface area (Å²) in [5.74, 6) is -2.41. The van der Waals surface area contributed by atoms with Gasteiger partial charge in [0.25, 0.3) is 5.91 Å². The zero-order chi connectivity index (χ0) is 29.4. The molecule has 1 aliphatic heterocycles. The van der Waals surface area contributed by atoms with Crippen LogP contribution in [0.15, 0.2) is 24.3 Å². The van der Waals surface area contributed by atoms with E-state index in [1.165, 1.54) is 14.7 Å². The van der Waals surface area contributed by atoms with Crippen molar-refractivity contribution in [3.05, 3.63) is 35.5 Å². The van der Waals surface area contributed by atoms with Crippen molar-refractivity contribution in [1.82, 2.24) is 25.0 Å². The van der Waals surface area contributed by atoms with E-state index in [2.05, 4.69) is 15.6 Å². The summed E-state index contributed by atoms with van der Waals surface area (Å²) in [6, 6.07) is 5.99. The number of hydrogen-bond donors (Lipinski definition) is 3. The number of amides is 4. The number of pyridine rings is 1. The monoisotopic (exact) mass is 556 g/mol. The highest BCUT2D eigenvalue weighted by atomic mass is 16.6. The first-order chi connectivity index (χ1) is 19.1. The van der Waals surface area contributed by atoms with Crippen molar-refractivity contribution in [2.75, 3.05) is 59.2 Å². The number of fused-ring (bicyclic) bond motifs is 1. The molecule has 3 rings (SSSR count). The Morgan fingerprint density at radius 2 is 1.73 bits per heavy atom. The number of aromatic nitrogens is 1. The predicted molar refractivity (Wildman–Crippen MR) is 147 cm³/mol. The molecule has 2 heterocycles. The first kappa shape index (κ1) is 30.1. The second-order valence-corrected chi connectivity index (χ2v) is 9.52. The van der Waals surface area contributed by atoms with Crippen LogP contribution in [0.5, 0.6) is 0 Å². The lowest BCUT2D eigenvalue weighted by molar-refractivity contribution is -0.138. The van der Waals surface area contributed by atoms with Gasteiger partial charge < -0.3 is 35.2 Å². The number of ether oxygens (including phenoxy) is 1. The molecule has 1 aromatic carbocycles. The number of aliphatic carboxylic acids is 1. The average molecular weight is 557 g/mol. The molecular formula is C27H36N6O7. The zero-order valence-corrected chi connectivity index (χ0v) is 23.2. The number of nitrogens with zero attached hydrogens (tertiary/aromatic N) is 4. The quantitative estimate of drug-likeness (QED) is 0.390. The Kier molecular flexibility index (Phi) is 10.2. The molecule has 1 atom stereocenters. The standard InChI is InChI=1S/C27H36N6O7/c1-5-40-27(39)33-14-12-32(13-15-33)26(38)20(10-11-22(35)36)30-25(37)24-23(28-2)18(16-21(34)31(3)4)17-8-6-7-9-19(17)29-24/h6-9,20,28H,5,10-16H2,1-4H3,(H,30,37)(H,35,36). The van der Waals surface area contributed by atoms with Gasteiger partial charge in [0.1, 0.15) is 6.04 Å². The van der Waals surface area contributed by atoms with E-state index >= 15 is 0 Å². The van der Waals surface area contributed by atoms with Gasteiger partial charge in [0.2, 0.25) is 11.8 Å². The highest BCUT2D eigenvalue weighted by Gasteiger charge is 2.32. The van der Waals surface area contributed by atoms with Gasteiger partial charge in [0.05, 0.1) is 24.2 Å². The second kappa shape index (κ2) is 13.6. The number of nitrogens with one attached hydrogen (secondary N) is 2. The molecule has 1 aliphatic rings. The molecule has 13 nitrogen and oxygen atoms in total. The summed E-state index contributed by atoms with van der Waals surface area (Å²) in [6.07, 6.45) is -0.923. The highest BCUT2D eigenvalue weighted by Crippen LogP contribution is 2.29. The fourth-order valence-corrected chi connectivity index (χ4v) is 4.50. The molecule has 3 N–H and O–H groups in total. The molecule has 0 aliphatic carbocycles. The van der Waals surface area contributed by atoms with Crippen LogP contribution in [0.25, 0.3) is 10.9 Å². The fraction of sp³-hybridized carbons (Fsp3) is 0.481. The molecule has 40 heavy (non-hydrogen) atoms. The maximum atomic E-state index is 13.6. The van der Waals surface area contributed by atoms with Crippen LogP contribution >= 0.6 is 0 Å². The maximum Gasteiger partial charge on any atom is 0.409 e. The molecule has 1 unspecified atom stereocenters. The highest BCUT2D eigenvalue weighted by molar-refractivity contribution is 6.05. The van der Waals surface area contributed by atoms with Gasteiger partial charge in [-0.15, -0.1) is 0 Å². The normalized spacial score (nSPS) is 13.9. The molecule has 0 saturated carbocycles. The van der Waals surface area contributed by atoms with Crippen LogP contribution in [0.2, 0.25) is 0 Å². The molecule has 1 saturated heterocycles. The lowest BCUT2D eigenvalue weighted by Gasteiger charge is -2.36. The fourth-order valence-electron chi connectivity index (χ4n) is 4.50. The molecule has 2 aromatic rings. The number of anilines is 1. The Bertz CT molecular complexity index is 1270. The van der Waals surface area contributed by atoms with E-state index < -0.39 is 29.9 Å². The summed E-state index contributed by atoms with van der Waals surface area (Å²) in [6.45, 7) is 2.88. The van der Waals surface area contributed by atoms with Gasteiger partial charge in [0, 0.05) is 59.1 Å². The van der Waals surface area contributed by atoms with E-state index in [-0.39, 0.29) is 63.6 Å². The van der Waals surface area contributed by atoms with Crippen LogP contribution in [-0.4, -0.2) is 115 Å². The first-order valence-electron chi connectivity index (χ1n) is 13.1. The minimum Gasteiger partial charge on any atom is -0.481 e. The van der Waals surface area contributed by atoms with Crippen LogP contribution in [0, 0.1) is 0 Å². The second-order valence-electron chi connectivity index (χ2n) is 9.52. The van der Waals surface area contributed by atoms with Crippen molar-refractivity contribution in [2.24, 2.45) is 0 Å². The predicted octanol–water partition coefficient (Wildman–Crippen LogP) is 1.17. The number of para-hydroxylation sites is 1. The van der Waals surface area contributed by atoms with Crippen LogP contribution in [-0.2, 0) is 25.5 Å². The van der Waals surface area contributed by atoms with Crippen molar-refractivity contribution in [3.8, 4) is 0 Å². The number of piperazine rings is 1. The summed E-state index contributed by atoms with van der Waals surface area (Å²) < 4.78 is 5.01. The molecule has 1 fully saturated rings. The smallest absolute Gasteiger partial charge is 0.409 e. The van der Waals surface area contributed by atoms with E-state index in [9.17, 15) is 29.1 Å². The van der Waals surface area contributed by atoms with Gasteiger partial charge in [0.15, 0.2) is 5.69 Å². The molecule has 1 aromatic heterocycles. The van der Waals surface area contributed by atoms with E-state index in [0.717, 1.165) is 0 Å². The number of rotatable bonds is 10. The molecule has 0 spiro atoms. The Labute approximate surface area is 232 Å². The van der Waals surface area contributed by atoms with Crippen molar-refractivity contribution < 1.29 is 33.8 Å². The van der Waals surface area contributed by atoms with E-state index in [4.69, 9.17) is 4.74 Å². The van der Waals surface area contributed by atoms with Gasteiger partial charge in [-0.05, 0) is 25.0 Å². The summed E-state index contributed by atoms with van der Waals surface area (Å²) in [5, 5.41) is 15.6. The van der Waals surface area contributed by atoms with E-state index in [0.29, 0.717) is 22.2 Å². The number of carbonyl (C=O) groups is 5. The molecule has 0 radical (unpaired) electrons. The summed E-state index contributed by atoms with van der Waals surface area (Å²) in [5.41, 5.74) is 1.42. The lowest BCUT2D eigenvalue weighted by atomic mass is 10.0. The van der Waals surface area contributed by atoms with E-state index in [1.807, 2.05) is 12.1 Å². The van der Waals surface area contributed by atoms with E-state index in [1.54, 1.807) is 40.2 Å². The third-order valence-corrected chi connectivity index (χ3v) is 6.66. The van der Waals surface area contributed by atoms with Gasteiger partial charge in [-0.1, -0.05) is 18.2 Å². The SMILES string of the molecule is CCOC(=O)N1CCN(C(=O)C(CCC(=O)O)NC(=O)c2nc3ccccc3c(CC(=O)N(C)C)c2NC)CC1. The Balaban J connectivity index is 1.89. The Morgan fingerprint density at radius 3 is 2.33 bits per heavy atom. The number of likely N-dealkylation sites (N-methyl/N-ethyl adjacent to an activating group) is 1. The van der Waals surface area contributed by atoms with Gasteiger partial charge in [-0.25, -0.2) is 9.78 Å². The van der Waals surface area contributed by atoms with Crippen molar-refractivity contribution in [2.45, 2.75) is 32.2 Å². The average Bonchev–Trinajstić information content (AvgIpc) is 2.94. The third kappa shape index (κ3) is 7.16. The molecule has 216 valence electrons. The number of carboxylic acid groups (broad SMARTS) is 1. The van der Waals surface area contributed by atoms with Crippen molar-refractivity contribution in [3.63, 3.8) is 0 Å². The number of carbonyl (C=O) groups excluding carboxylic acids is 4.